The molecule has 6 heteroatoms. The van der Waals surface area contributed by atoms with Crippen molar-refractivity contribution in [2.75, 3.05) is 0 Å². The second-order valence-corrected chi connectivity index (χ2v) is 4.97. The lowest BCUT2D eigenvalue weighted by atomic mass is 10.3. The predicted octanol–water partition coefficient (Wildman–Crippen LogP) is 1.99. The minimum atomic E-state index is 0.771. The van der Waals surface area contributed by atoms with Crippen LogP contribution in [-0.4, -0.2) is 24.3 Å². The van der Waals surface area contributed by atoms with E-state index in [4.69, 9.17) is 0 Å². The van der Waals surface area contributed by atoms with E-state index in [-0.39, 0.29) is 0 Å². The van der Waals surface area contributed by atoms with Gasteiger partial charge in [0.1, 0.15) is 12.2 Å². The van der Waals surface area contributed by atoms with E-state index < -0.39 is 0 Å². The van der Waals surface area contributed by atoms with Crippen LogP contribution in [0.25, 0.3) is 11.0 Å². The van der Waals surface area contributed by atoms with Crippen molar-refractivity contribution in [1.29, 1.82) is 0 Å². The Kier molecular flexibility index (Phi) is 2.79. The molecule has 0 amide bonds. The molecule has 0 fully saturated rings. The fourth-order valence-electron chi connectivity index (χ4n) is 1.83. The van der Waals surface area contributed by atoms with Gasteiger partial charge in [0.2, 0.25) is 0 Å². The van der Waals surface area contributed by atoms with Crippen LogP contribution in [0.1, 0.15) is 5.82 Å². The van der Waals surface area contributed by atoms with Crippen LogP contribution >= 0.6 is 11.8 Å². The Morgan fingerprint density at radius 3 is 2.78 bits per heavy atom. The van der Waals surface area contributed by atoms with Crippen LogP contribution in [0.4, 0.5) is 0 Å². The first kappa shape index (κ1) is 11.3. The third kappa shape index (κ3) is 1.88. The van der Waals surface area contributed by atoms with Crippen molar-refractivity contribution < 1.29 is 0 Å². The van der Waals surface area contributed by atoms with E-state index in [1.807, 2.05) is 32.3 Å². The van der Waals surface area contributed by atoms with Gasteiger partial charge in [-0.3, -0.25) is 4.68 Å². The number of imidazole rings is 1. The van der Waals surface area contributed by atoms with Gasteiger partial charge in [-0.25, -0.2) is 9.97 Å². The van der Waals surface area contributed by atoms with Crippen LogP contribution < -0.4 is 0 Å². The summed E-state index contributed by atoms with van der Waals surface area (Å²) in [6.07, 6.45) is 1.57. The molecule has 0 unspecified atom stereocenters. The smallest absolute Gasteiger partial charge is 0.169 e. The molecular formula is C12H13N5S. The summed E-state index contributed by atoms with van der Waals surface area (Å²) in [7, 11) is 3.94. The first-order valence-electron chi connectivity index (χ1n) is 5.63. The molecule has 0 aliphatic carbocycles. The molecule has 0 spiro atoms. The van der Waals surface area contributed by atoms with Gasteiger partial charge in [0, 0.05) is 14.1 Å². The van der Waals surface area contributed by atoms with Crippen molar-refractivity contribution in [2.24, 2.45) is 14.1 Å². The number of aryl methyl sites for hydroxylation is 2. The highest BCUT2D eigenvalue weighted by atomic mass is 32.2. The minimum Gasteiger partial charge on any atom is -0.322 e. The van der Waals surface area contributed by atoms with Gasteiger partial charge >= 0.3 is 0 Å². The SMILES string of the molecule is Cn1ncnc1CSc1nc2ccccc2n1C. The standard InChI is InChI=1S/C12H13N5S/c1-16-10-6-4-3-5-9(10)15-12(16)18-7-11-13-8-14-17(11)2/h3-6,8H,7H2,1-2H3. The van der Waals surface area contributed by atoms with Gasteiger partial charge in [0.25, 0.3) is 0 Å². The average Bonchev–Trinajstić information content (AvgIpc) is 2.92. The molecule has 3 aromatic rings. The summed E-state index contributed by atoms with van der Waals surface area (Å²) in [5, 5.41) is 5.06. The zero-order chi connectivity index (χ0) is 12.5. The fraction of sp³-hybridized carbons (Fsp3) is 0.250. The average molecular weight is 259 g/mol. The summed E-state index contributed by atoms with van der Waals surface area (Å²) in [5.74, 6) is 1.72. The molecule has 1 aromatic carbocycles. The van der Waals surface area contributed by atoms with E-state index >= 15 is 0 Å². The van der Waals surface area contributed by atoms with E-state index in [1.54, 1.807) is 22.8 Å². The Labute approximate surface area is 109 Å². The highest BCUT2D eigenvalue weighted by Crippen LogP contribution is 2.24. The summed E-state index contributed by atoms with van der Waals surface area (Å²) in [6.45, 7) is 0. The zero-order valence-corrected chi connectivity index (χ0v) is 11.1. The predicted molar refractivity (Wildman–Crippen MR) is 71.3 cm³/mol. The number of aromatic nitrogens is 5. The highest BCUT2D eigenvalue weighted by Gasteiger charge is 2.09. The highest BCUT2D eigenvalue weighted by molar-refractivity contribution is 7.98. The lowest BCUT2D eigenvalue weighted by Crippen LogP contribution is -1.98. The molecule has 0 atom stereocenters. The van der Waals surface area contributed by atoms with Crippen molar-refractivity contribution in [3.8, 4) is 0 Å². The normalized spacial score (nSPS) is 11.2. The lowest BCUT2D eigenvalue weighted by molar-refractivity contribution is 0.728. The van der Waals surface area contributed by atoms with Gasteiger partial charge in [-0.15, -0.1) is 0 Å². The molecule has 0 radical (unpaired) electrons. The first-order valence-corrected chi connectivity index (χ1v) is 6.61. The minimum absolute atomic E-state index is 0.771. The number of benzene rings is 1. The number of nitrogens with zero attached hydrogens (tertiary/aromatic N) is 5. The van der Waals surface area contributed by atoms with Crippen LogP contribution in [-0.2, 0) is 19.8 Å². The fourth-order valence-corrected chi connectivity index (χ4v) is 2.81. The second kappa shape index (κ2) is 4.45. The summed E-state index contributed by atoms with van der Waals surface area (Å²) in [5.41, 5.74) is 2.18. The number of hydrogen-bond donors (Lipinski definition) is 0. The van der Waals surface area contributed by atoms with E-state index in [9.17, 15) is 0 Å². The molecule has 0 bridgehead atoms. The molecule has 0 aliphatic rings. The number of hydrogen-bond acceptors (Lipinski definition) is 4. The first-order chi connectivity index (χ1) is 8.75. The van der Waals surface area contributed by atoms with E-state index in [1.165, 1.54) is 0 Å². The van der Waals surface area contributed by atoms with Gasteiger partial charge in [0.15, 0.2) is 5.16 Å². The molecule has 18 heavy (non-hydrogen) atoms. The van der Waals surface area contributed by atoms with E-state index in [0.29, 0.717) is 0 Å². The summed E-state index contributed by atoms with van der Waals surface area (Å²) < 4.78 is 3.89. The van der Waals surface area contributed by atoms with Crippen LogP contribution in [0, 0.1) is 0 Å². The number of fused-ring (bicyclic) bond motifs is 1. The quantitative estimate of drug-likeness (QED) is 0.675. The molecule has 0 saturated heterocycles. The summed E-state index contributed by atoms with van der Waals surface area (Å²) in [4.78, 5) is 8.82. The molecule has 2 heterocycles. The largest absolute Gasteiger partial charge is 0.322 e. The van der Waals surface area contributed by atoms with Crippen molar-refractivity contribution in [1.82, 2.24) is 24.3 Å². The molecule has 3 rings (SSSR count). The lowest BCUT2D eigenvalue weighted by Gasteiger charge is -2.01. The third-order valence-corrected chi connectivity index (χ3v) is 3.91. The molecular weight excluding hydrogens is 246 g/mol. The van der Waals surface area contributed by atoms with E-state index in [2.05, 4.69) is 25.7 Å². The maximum atomic E-state index is 4.61. The van der Waals surface area contributed by atoms with Gasteiger partial charge in [-0.1, -0.05) is 23.9 Å². The van der Waals surface area contributed by atoms with Crippen LogP contribution in [0.15, 0.2) is 35.7 Å². The van der Waals surface area contributed by atoms with Crippen LogP contribution in [0.5, 0.6) is 0 Å². The molecule has 5 nitrogen and oxygen atoms in total. The molecule has 92 valence electrons. The Hall–Kier alpha value is -1.82. The van der Waals surface area contributed by atoms with Gasteiger partial charge in [0.05, 0.1) is 16.8 Å². The number of rotatable bonds is 3. The zero-order valence-electron chi connectivity index (χ0n) is 10.2. The van der Waals surface area contributed by atoms with E-state index in [0.717, 1.165) is 27.8 Å². The van der Waals surface area contributed by atoms with Crippen LogP contribution in [0.3, 0.4) is 0 Å². The molecule has 2 aromatic heterocycles. The number of thioether (sulfide) groups is 1. The van der Waals surface area contributed by atoms with Crippen LogP contribution in [0.2, 0.25) is 0 Å². The maximum Gasteiger partial charge on any atom is 0.169 e. The Morgan fingerprint density at radius 1 is 1.22 bits per heavy atom. The maximum absolute atomic E-state index is 4.61. The van der Waals surface area contributed by atoms with Crippen molar-refractivity contribution in [3.63, 3.8) is 0 Å². The number of para-hydroxylation sites is 2. The molecule has 0 saturated carbocycles. The third-order valence-electron chi connectivity index (χ3n) is 2.88. The second-order valence-electron chi connectivity index (χ2n) is 4.03. The van der Waals surface area contributed by atoms with Crippen molar-refractivity contribution >= 4 is 22.8 Å². The Balaban J connectivity index is 1.87. The Morgan fingerprint density at radius 2 is 2.06 bits per heavy atom. The Bertz CT molecular complexity index is 685. The van der Waals surface area contributed by atoms with Gasteiger partial charge in [-0.2, -0.15) is 5.10 Å². The molecule has 0 aliphatic heterocycles. The topological polar surface area (TPSA) is 48.5 Å². The summed E-state index contributed by atoms with van der Waals surface area (Å²) >= 11 is 1.67. The summed E-state index contributed by atoms with van der Waals surface area (Å²) in [6, 6.07) is 8.14. The van der Waals surface area contributed by atoms with Gasteiger partial charge in [-0.05, 0) is 12.1 Å². The molecule has 0 N–H and O–H groups in total. The monoisotopic (exact) mass is 259 g/mol. The van der Waals surface area contributed by atoms with Crippen molar-refractivity contribution in [2.45, 2.75) is 10.9 Å². The van der Waals surface area contributed by atoms with Crippen molar-refractivity contribution in [3.05, 3.63) is 36.4 Å². The van der Waals surface area contributed by atoms with Gasteiger partial charge < -0.3 is 4.57 Å².